The molecule has 4 saturated carbocycles. The molecule has 0 aromatic heterocycles. The number of nitrogens with one attached hydrogen (secondary N) is 1. The zero-order valence-corrected chi connectivity index (χ0v) is 18.9. The Kier molecular flexibility index (Phi) is 5.13. The van der Waals surface area contributed by atoms with Gasteiger partial charge in [-0.3, -0.25) is 9.59 Å². The molecule has 5 fully saturated rings. The van der Waals surface area contributed by atoms with E-state index >= 15 is 0 Å². The van der Waals surface area contributed by atoms with Crippen molar-refractivity contribution in [2.45, 2.75) is 43.4 Å². The fourth-order valence-corrected chi connectivity index (χ4v) is 8.48. The highest BCUT2D eigenvalue weighted by Gasteiger charge is 2.51. The summed E-state index contributed by atoms with van der Waals surface area (Å²) < 4.78 is 27.2. The number of sulfonamides is 1. The first-order valence-electron chi connectivity index (χ1n) is 11.4. The highest BCUT2D eigenvalue weighted by atomic mass is 32.2. The maximum atomic E-state index is 13.2. The Morgan fingerprint density at radius 1 is 1.16 bits per heavy atom. The Morgan fingerprint density at radius 3 is 2.42 bits per heavy atom. The second-order valence-electron chi connectivity index (χ2n) is 10.3. The van der Waals surface area contributed by atoms with Crippen molar-refractivity contribution in [2.75, 3.05) is 33.2 Å². The molecule has 4 aliphatic carbocycles. The average molecular weight is 446 g/mol. The van der Waals surface area contributed by atoms with Gasteiger partial charge in [-0.05, 0) is 79.9 Å². The molecule has 1 heterocycles. The Morgan fingerprint density at radius 2 is 1.81 bits per heavy atom. The zero-order chi connectivity index (χ0) is 21.8. The lowest BCUT2D eigenvalue weighted by Gasteiger charge is -2.57. The van der Waals surface area contributed by atoms with Crippen molar-refractivity contribution in [2.24, 2.45) is 23.2 Å². The van der Waals surface area contributed by atoms with Crippen LogP contribution < -0.4 is 5.32 Å². The van der Waals surface area contributed by atoms with Crippen LogP contribution in [0.4, 0.5) is 0 Å². The van der Waals surface area contributed by atoms with Crippen LogP contribution in [-0.4, -0.2) is 62.7 Å². The molecule has 2 amide bonds. The van der Waals surface area contributed by atoms with E-state index < -0.39 is 10.0 Å². The predicted octanol–water partition coefficient (Wildman–Crippen LogP) is 2.10. The van der Waals surface area contributed by atoms with Gasteiger partial charge in [-0.2, -0.15) is 4.31 Å². The lowest BCUT2D eigenvalue weighted by atomic mass is 9.49. The van der Waals surface area contributed by atoms with E-state index in [4.69, 9.17) is 0 Å². The number of piperazine rings is 1. The molecule has 7 nitrogen and oxygen atoms in total. The molecule has 1 N–H and O–H groups in total. The van der Waals surface area contributed by atoms with E-state index in [2.05, 4.69) is 5.32 Å². The van der Waals surface area contributed by atoms with Gasteiger partial charge in [0.25, 0.3) is 5.91 Å². The molecule has 0 spiro atoms. The van der Waals surface area contributed by atoms with Crippen molar-refractivity contribution in [1.82, 2.24) is 14.5 Å². The third-order valence-corrected chi connectivity index (χ3v) is 9.65. The van der Waals surface area contributed by atoms with Gasteiger partial charge in [0.15, 0.2) is 0 Å². The van der Waals surface area contributed by atoms with Gasteiger partial charge in [0.2, 0.25) is 15.9 Å². The molecule has 1 aromatic rings. The van der Waals surface area contributed by atoms with Crippen molar-refractivity contribution in [1.29, 1.82) is 0 Å². The molecular formula is C23H31N3O4S. The van der Waals surface area contributed by atoms with Crippen LogP contribution in [0, 0.1) is 23.2 Å². The third-order valence-electron chi connectivity index (χ3n) is 7.81. The van der Waals surface area contributed by atoms with E-state index in [0.717, 1.165) is 24.3 Å². The van der Waals surface area contributed by atoms with Crippen molar-refractivity contribution in [3.8, 4) is 0 Å². The minimum Gasteiger partial charge on any atom is -0.354 e. The average Bonchev–Trinajstić information content (AvgIpc) is 2.72. The van der Waals surface area contributed by atoms with E-state index in [9.17, 15) is 18.0 Å². The van der Waals surface area contributed by atoms with Crippen LogP contribution in [0.15, 0.2) is 29.2 Å². The second-order valence-corrected chi connectivity index (χ2v) is 12.2. The van der Waals surface area contributed by atoms with Crippen molar-refractivity contribution in [3.63, 3.8) is 0 Å². The van der Waals surface area contributed by atoms with Crippen LogP contribution >= 0.6 is 0 Å². The molecule has 0 atom stereocenters. The van der Waals surface area contributed by atoms with Gasteiger partial charge in [-0.15, -0.1) is 0 Å². The van der Waals surface area contributed by atoms with E-state index in [1.165, 1.54) is 55.0 Å². The summed E-state index contributed by atoms with van der Waals surface area (Å²) in [6.45, 7) is 1.09. The summed E-state index contributed by atoms with van der Waals surface area (Å²) in [6, 6.07) is 6.25. The van der Waals surface area contributed by atoms with Crippen LogP contribution in [0.2, 0.25) is 0 Å². The van der Waals surface area contributed by atoms with Crippen LogP contribution in [-0.2, 0) is 14.8 Å². The first-order chi connectivity index (χ1) is 14.7. The number of hydrogen-bond acceptors (Lipinski definition) is 4. The quantitative estimate of drug-likeness (QED) is 0.752. The smallest absolute Gasteiger partial charge is 0.253 e. The van der Waals surface area contributed by atoms with Gasteiger partial charge in [0, 0.05) is 32.2 Å². The molecule has 168 valence electrons. The standard InChI is InChI=1S/C23H31N3O4S/c1-25(15-23-11-16-7-17(12-23)9-18(8-16)13-23)22(28)19-3-2-4-20(10-19)31(29,30)26-6-5-24-21(27)14-26/h2-4,10,16-18H,5-9,11-15H2,1H3,(H,24,27). The van der Waals surface area contributed by atoms with Crippen LogP contribution in [0.3, 0.4) is 0 Å². The van der Waals surface area contributed by atoms with Crippen molar-refractivity contribution < 1.29 is 18.0 Å². The molecular weight excluding hydrogens is 414 g/mol. The number of amides is 2. The molecule has 31 heavy (non-hydrogen) atoms. The van der Waals surface area contributed by atoms with E-state index in [0.29, 0.717) is 12.1 Å². The number of carbonyl (C=O) groups excluding carboxylic acids is 2. The summed E-state index contributed by atoms with van der Waals surface area (Å²) in [5, 5.41) is 2.64. The first kappa shape index (κ1) is 20.9. The van der Waals surface area contributed by atoms with E-state index in [1.54, 1.807) is 17.0 Å². The molecule has 0 radical (unpaired) electrons. The second kappa shape index (κ2) is 7.59. The predicted molar refractivity (Wildman–Crippen MR) is 116 cm³/mol. The highest BCUT2D eigenvalue weighted by molar-refractivity contribution is 7.89. The highest BCUT2D eigenvalue weighted by Crippen LogP contribution is 2.60. The number of hydrogen-bond donors (Lipinski definition) is 1. The largest absolute Gasteiger partial charge is 0.354 e. The first-order valence-corrected chi connectivity index (χ1v) is 12.8. The summed E-state index contributed by atoms with van der Waals surface area (Å²) in [5.74, 6) is 2.03. The number of benzene rings is 1. The minimum atomic E-state index is -3.82. The normalized spacial score (nSPS) is 32.7. The molecule has 5 aliphatic rings. The Bertz CT molecular complexity index is 971. The maximum absolute atomic E-state index is 13.2. The molecule has 6 rings (SSSR count). The maximum Gasteiger partial charge on any atom is 0.253 e. The van der Waals surface area contributed by atoms with Gasteiger partial charge in [0.1, 0.15) is 0 Å². The van der Waals surface area contributed by atoms with Crippen molar-refractivity contribution >= 4 is 21.8 Å². The lowest BCUT2D eigenvalue weighted by molar-refractivity contribution is -0.122. The SMILES string of the molecule is CN(CC12CC3CC(CC(C3)C1)C2)C(=O)c1cccc(S(=O)(=O)N2CCNC(=O)C2)c1. The summed E-state index contributed by atoms with van der Waals surface area (Å²) in [6.07, 6.45) is 7.77. The van der Waals surface area contributed by atoms with Crippen molar-refractivity contribution in [3.05, 3.63) is 29.8 Å². The fourth-order valence-electron chi connectivity index (χ4n) is 7.04. The summed E-state index contributed by atoms with van der Waals surface area (Å²) in [4.78, 5) is 26.7. The van der Waals surface area contributed by atoms with E-state index in [-0.39, 0.29) is 35.2 Å². The molecule has 1 aromatic carbocycles. The van der Waals surface area contributed by atoms with Gasteiger partial charge in [-0.1, -0.05) is 6.07 Å². The zero-order valence-electron chi connectivity index (χ0n) is 18.0. The molecule has 8 heteroatoms. The summed E-state index contributed by atoms with van der Waals surface area (Å²) in [7, 11) is -1.97. The Labute approximate surface area is 184 Å². The third kappa shape index (κ3) is 3.89. The number of rotatable bonds is 5. The minimum absolute atomic E-state index is 0.0660. The fraction of sp³-hybridized carbons (Fsp3) is 0.652. The van der Waals surface area contributed by atoms with Gasteiger partial charge >= 0.3 is 0 Å². The molecule has 4 bridgehead atoms. The molecule has 1 aliphatic heterocycles. The van der Waals surface area contributed by atoms with Gasteiger partial charge in [-0.25, -0.2) is 8.42 Å². The molecule has 0 unspecified atom stereocenters. The monoisotopic (exact) mass is 445 g/mol. The van der Waals surface area contributed by atoms with Gasteiger partial charge in [0.05, 0.1) is 11.4 Å². The number of nitrogens with zero attached hydrogens (tertiary/aromatic N) is 2. The van der Waals surface area contributed by atoms with Crippen LogP contribution in [0.1, 0.15) is 48.9 Å². The summed E-state index contributed by atoms with van der Waals surface area (Å²) in [5.41, 5.74) is 0.624. The Hall–Kier alpha value is -1.93. The van der Waals surface area contributed by atoms with Crippen LogP contribution in [0.5, 0.6) is 0 Å². The number of carbonyl (C=O) groups is 2. The summed E-state index contributed by atoms with van der Waals surface area (Å²) >= 11 is 0. The lowest BCUT2D eigenvalue weighted by Crippen LogP contribution is -2.51. The van der Waals surface area contributed by atoms with E-state index in [1.807, 2.05) is 7.05 Å². The van der Waals surface area contributed by atoms with Crippen LogP contribution in [0.25, 0.3) is 0 Å². The topological polar surface area (TPSA) is 86.8 Å². The van der Waals surface area contributed by atoms with Gasteiger partial charge < -0.3 is 10.2 Å². The Balaban J connectivity index is 1.32. The molecule has 1 saturated heterocycles.